The second-order valence-electron chi connectivity index (χ2n) is 4.91. The van der Waals surface area contributed by atoms with Gasteiger partial charge in [-0.3, -0.25) is 0 Å². The molecule has 6 heteroatoms. The fourth-order valence-electron chi connectivity index (χ4n) is 2.47. The maximum Gasteiger partial charge on any atom is 0.167 e. The molecule has 0 radical (unpaired) electrons. The lowest BCUT2D eigenvalue weighted by atomic mass is 10.2. The number of aromatic nitrogens is 1. The molecule has 0 saturated carbocycles. The highest BCUT2D eigenvalue weighted by molar-refractivity contribution is 6.30. The van der Waals surface area contributed by atoms with Crippen LogP contribution in [0, 0.1) is 11.6 Å². The van der Waals surface area contributed by atoms with Gasteiger partial charge in [0.25, 0.3) is 0 Å². The molecule has 21 heavy (non-hydrogen) atoms. The van der Waals surface area contributed by atoms with E-state index in [9.17, 15) is 8.78 Å². The van der Waals surface area contributed by atoms with Crippen molar-refractivity contribution >= 4 is 23.1 Å². The standard InChI is InChI=1S/C15H14ClF2N3/c16-11-9-14(18)15(19-10-11)21-7-5-20(6-8-21)13-3-1-12(17)2-4-13/h1-4,9-10H,5-8H2. The predicted molar refractivity (Wildman–Crippen MR) is 80.0 cm³/mol. The van der Waals surface area contributed by atoms with Gasteiger partial charge in [0.2, 0.25) is 0 Å². The van der Waals surface area contributed by atoms with Crippen molar-refractivity contribution in [3.8, 4) is 0 Å². The van der Waals surface area contributed by atoms with E-state index in [1.165, 1.54) is 24.4 Å². The molecule has 2 aromatic rings. The zero-order valence-electron chi connectivity index (χ0n) is 11.3. The van der Waals surface area contributed by atoms with Crippen molar-refractivity contribution in [2.75, 3.05) is 36.0 Å². The molecule has 0 amide bonds. The predicted octanol–water partition coefficient (Wildman–Crippen LogP) is 3.34. The number of piperazine rings is 1. The molecule has 1 aliphatic rings. The van der Waals surface area contributed by atoms with E-state index in [2.05, 4.69) is 9.88 Å². The first kappa shape index (κ1) is 14.1. The van der Waals surface area contributed by atoms with Crippen LogP contribution in [-0.4, -0.2) is 31.2 Å². The number of nitrogens with zero attached hydrogens (tertiary/aromatic N) is 3. The zero-order valence-corrected chi connectivity index (χ0v) is 12.0. The van der Waals surface area contributed by atoms with Crippen molar-refractivity contribution in [1.82, 2.24) is 4.98 Å². The van der Waals surface area contributed by atoms with Crippen molar-refractivity contribution in [2.24, 2.45) is 0 Å². The Kier molecular flexibility index (Phi) is 3.92. The van der Waals surface area contributed by atoms with Crippen LogP contribution in [0.5, 0.6) is 0 Å². The summed E-state index contributed by atoms with van der Waals surface area (Å²) in [4.78, 5) is 8.10. The van der Waals surface area contributed by atoms with Gasteiger partial charge in [-0.1, -0.05) is 11.6 Å². The lowest BCUT2D eigenvalue weighted by molar-refractivity contribution is 0.588. The van der Waals surface area contributed by atoms with Gasteiger partial charge in [-0.2, -0.15) is 0 Å². The van der Waals surface area contributed by atoms with Gasteiger partial charge >= 0.3 is 0 Å². The monoisotopic (exact) mass is 309 g/mol. The fraction of sp³-hybridized carbons (Fsp3) is 0.267. The minimum Gasteiger partial charge on any atom is -0.368 e. The summed E-state index contributed by atoms with van der Waals surface area (Å²) in [5, 5.41) is 0.293. The van der Waals surface area contributed by atoms with E-state index in [0.29, 0.717) is 23.9 Å². The molecular formula is C15H14ClF2N3. The molecule has 1 fully saturated rings. The van der Waals surface area contributed by atoms with Crippen LogP contribution in [0.25, 0.3) is 0 Å². The van der Waals surface area contributed by atoms with Crippen LogP contribution in [0.4, 0.5) is 20.3 Å². The van der Waals surface area contributed by atoms with E-state index in [-0.39, 0.29) is 5.82 Å². The third-order valence-electron chi connectivity index (χ3n) is 3.56. The Morgan fingerprint density at radius 3 is 2.19 bits per heavy atom. The maximum atomic E-state index is 13.9. The second kappa shape index (κ2) is 5.85. The van der Waals surface area contributed by atoms with Gasteiger partial charge < -0.3 is 9.80 Å². The summed E-state index contributed by atoms with van der Waals surface area (Å²) in [5.41, 5.74) is 0.973. The van der Waals surface area contributed by atoms with Crippen LogP contribution < -0.4 is 9.80 Å². The highest BCUT2D eigenvalue weighted by atomic mass is 35.5. The molecule has 3 nitrogen and oxygen atoms in total. The molecule has 3 rings (SSSR count). The maximum absolute atomic E-state index is 13.9. The summed E-state index contributed by atoms with van der Waals surface area (Å²) >= 11 is 5.71. The van der Waals surface area contributed by atoms with Gasteiger partial charge in [0.1, 0.15) is 5.82 Å². The highest BCUT2D eigenvalue weighted by Gasteiger charge is 2.20. The molecule has 1 saturated heterocycles. The van der Waals surface area contributed by atoms with Gasteiger partial charge in [-0.05, 0) is 30.3 Å². The summed E-state index contributed by atoms with van der Waals surface area (Å²) in [5.74, 6) is -0.319. The van der Waals surface area contributed by atoms with Crippen LogP contribution in [0.15, 0.2) is 36.5 Å². The first-order valence-corrected chi connectivity index (χ1v) is 7.08. The van der Waals surface area contributed by atoms with Crippen molar-refractivity contribution in [3.63, 3.8) is 0 Å². The summed E-state index contributed by atoms with van der Waals surface area (Å²) in [6.45, 7) is 2.77. The van der Waals surface area contributed by atoms with Crippen molar-refractivity contribution in [1.29, 1.82) is 0 Å². The summed E-state index contributed by atoms with van der Waals surface area (Å²) < 4.78 is 26.8. The number of hydrogen-bond donors (Lipinski definition) is 0. The number of rotatable bonds is 2. The molecule has 0 bridgehead atoms. The minimum absolute atomic E-state index is 0.246. The molecular weight excluding hydrogens is 296 g/mol. The van der Waals surface area contributed by atoms with Crippen LogP contribution in [0.2, 0.25) is 5.02 Å². The SMILES string of the molecule is Fc1ccc(N2CCN(c3ncc(Cl)cc3F)CC2)cc1. The normalized spacial score (nSPS) is 15.4. The largest absolute Gasteiger partial charge is 0.368 e. The molecule has 0 spiro atoms. The van der Waals surface area contributed by atoms with Gasteiger partial charge in [0, 0.05) is 38.1 Å². The van der Waals surface area contributed by atoms with Crippen LogP contribution in [0.1, 0.15) is 0 Å². The smallest absolute Gasteiger partial charge is 0.167 e. The summed E-state index contributed by atoms with van der Waals surface area (Å²) in [6.07, 6.45) is 1.45. The molecule has 0 unspecified atom stereocenters. The van der Waals surface area contributed by atoms with Crippen molar-refractivity contribution in [2.45, 2.75) is 0 Å². The number of pyridine rings is 1. The average Bonchev–Trinajstić information content (AvgIpc) is 2.48. The van der Waals surface area contributed by atoms with Crippen LogP contribution >= 0.6 is 11.6 Å². The Labute approximate surface area is 126 Å². The van der Waals surface area contributed by atoms with Gasteiger partial charge in [-0.15, -0.1) is 0 Å². The molecule has 1 aromatic heterocycles. The lowest BCUT2D eigenvalue weighted by Gasteiger charge is -2.36. The van der Waals surface area contributed by atoms with Crippen LogP contribution in [-0.2, 0) is 0 Å². The average molecular weight is 310 g/mol. The van der Waals surface area contributed by atoms with Crippen molar-refractivity contribution in [3.05, 3.63) is 53.2 Å². The lowest BCUT2D eigenvalue weighted by Crippen LogP contribution is -2.47. The topological polar surface area (TPSA) is 19.4 Å². The molecule has 0 N–H and O–H groups in total. The van der Waals surface area contributed by atoms with E-state index in [1.54, 1.807) is 12.1 Å². The molecule has 1 aliphatic heterocycles. The molecule has 1 aromatic carbocycles. The first-order chi connectivity index (χ1) is 10.1. The Morgan fingerprint density at radius 2 is 1.57 bits per heavy atom. The summed E-state index contributed by atoms with van der Waals surface area (Å²) in [6, 6.07) is 7.68. The Bertz CT molecular complexity index is 625. The minimum atomic E-state index is -0.405. The van der Waals surface area contributed by atoms with E-state index >= 15 is 0 Å². The van der Waals surface area contributed by atoms with Gasteiger partial charge in [0.05, 0.1) is 5.02 Å². The fourth-order valence-corrected chi connectivity index (χ4v) is 2.61. The van der Waals surface area contributed by atoms with Crippen molar-refractivity contribution < 1.29 is 8.78 Å². The third-order valence-corrected chi connectivity index (χ3v) is 3.77. The van der Waals surface area contributed by atoms with Gasteiger partial charge in [0.15, 0.2) is 11.6 Å². The zero-order chi connectivity index (χ0) is 14.8. The van der Waals surface area contributed by atoms with E-state index in [1.807, 2.05) is 4.90 Å². The second-order valence-corrected chi connectivity index (χ2v) is 5.35. The van der Waals surface area contributed by atoms with Gasteiger partial charge in [-0.25, -0.2) is 13.8 Å². The number of anilines is 2. The Balaban J connectivity index is 1.68. The van der Waals surface area contributed by atoms with E-state index < -0.39 is 5.82 Å². The number of hydrogen-bond acceptors (Lipinski definition) is 3. The van der Waals surface area contributed by atoms with E-state index in [0.717, 1.165) is 18.8 Å². The highest BCUT2D eigenvalue weighted by Crippen LogP contribution is 2.23. The van der Waals surface area contributed by atoms with Crippen LogP contribution in [0.3, 0.4) is 0 Å². The molecule has 2 heterocycles. The number of halogens is 3. The molecule has 0 aliphatic carbocycles. The molecule has 0 atom stereocenters. The van der Waals surface area contributed by atoms with E-state index in [4.69, 9.17) is 11.6 Å². The Hall–Kier alpha value is -1.88. The quantitative estimate of drug-likeness (QED) is 0.848. The number of benzene rings is 1. The first-order valence-electron chi connectivity index (χ1n) is 6.70. The Morgan fingerprint density at radius 1 is 0.952 bits per heavy atom. The molecule has 110 valence electrons. The summed E-state index contributed by atoms with van der Waals surface area (Å²) in [7, 11) is 0. The third kappa shape index (κ3) is 3.08.